The summed E-state index contributed by atoms with van der Waals surface area (Å²) in [5.74, 6) is -1.93. The second-order valence-corrected chi connectivity index (χ2v) is 2.62. The molecule has 0 saturated heterocycles. The van der Waals surface area contributed by atoms with Crippen molar-refractivity contribution >= 4 is 0 Å². The van der Waals surface area contributed by atoms with E-state index in [-0.39, 0.29) is 11.6 Å². The summed E-state index contributed by atoms with van der Waals surface area (Å²) in [6.07, 6.45) is -4.72. The number of benzene rings is 1. The van der Waals surface area contributed by atoms with Gasteiger partial charge >= 0.3 is 6.18 Å². The molecule has 1 aromatic rings. The Balaban J connectivity index is 3.32. The van der Waals surface area contributed by atoms with Crippen molar-refractivity contribution in [3.05, 3.63) is 29.1 Å². The average Bonchev–Trinajstić information content (AvgIpc) is 1.94. The van der Waals surface area contributed by atoms with Crippen molar-refractivity contribution in [3.63, 3.8) is 0 Å². The number of rotatable bonds is 0. The van der Waals surface area contributed by atoms with Crippen LogP contribution >= 0.6 is 0 Å². The number of hydrogen-bond acceptors (Lipinski definition) is 1. The molecule has 1 rings (SSSR count). The van der Waals surface area contributed by atoms with Crippen LogP contribution in [0.1, 0.15) is 11.1 Å². The van der Waals surface area contributed by atoms with Gasteiger partial charge in [0.1, 0.15) is 17.1 Å². The molecular weight excluding hydrogens is 188 g/mol. The van der Waals surface area contributed by atoms with Crippen molar-refractivity contribution in [2.45, 2.75) is 13.1 Å². The number of hydrogen-bond donors (Lipinski definition) is 1. The highest BCUT2D eigenvalue weighted by molar-refractivity contribution is 5.38. The van der Waals surface area contributed by atoms with Crippen LogP contribution in [0.4, 0.5) is 17.6 Å². The van der Waals surface area contributed by atoms with E-state index in [1.165, 1.54) is 6.92 Å². The van der Waals surface area contributed by atoms with Gasteiger partial charge in [0.2, 0.25) is 0 Å². The van der Waals surface area contributed by atoms with Gasteiger partial charge in [-0.25, -0.2) is 4.39 Å². The first-order valence-corrected chi connectivity index (χ1v) is 3.38. The van der Waals surface area contributed by atoms with Crippen molar-refractivity contribution in [2.24, 2.45) is 0 Å². The minimum atomic E-state index is -4.72. The number of halogens is 4. The van der Waals surface area contributed by atoms with E-state index in [1.807, 2.05) is 0 Å². The molecule has 0 amide bonds. The van der Waals surface area contributed by atoms with Crippen LogP contribution in [-0.4, -0.2) is 5.11 Å². The summed E-state index contributed by atoms with van der Waals surface area (Å²) in [6.45, 7) is 1.27. The quantitative estimate of drug-likeness (QED) is 0.629. The molecule has 0 aliphatic carbocycles. The fourth-order valence-electron chi connectivity index (χ4n) is 0.893. The van der Waals surface area contributed by atoms with E-state index in [0.29, 0.717) is 0 Å². The van der Waals surface area contributed by atoms with Crippen molar-refractivity contribution in [3.8, 4) is 5.75 Å². The van der Waals surface area contributed by atoms with Gasteiger partial charge in [0, 0.05) is 0 Å². The molecule has 0 aliphatic rings. The van der Waals surface area contributed by atoms with E-state index < -0.39 is 23.3 Å². The summed E-state index contributed by atoms with van der Waals surface area (Å²) in [6, 6.07) is 1.03. The molecule has 5 heteroatoms. The third kappa shape index (κ3) is 1.91. The van der Waals surface area contributed by atoms with Crippen molar-refractivity contribution in [2.75, 3.05) is 0 Å². The summed E-state index contributed by atoms with van der Waals surface area (Å²) in [4.78, 5) is 0. The first kappa shape index (κ1) is 9.83. The summed E-state index contributed by atoms with van der Waals surface area (Å²) >= 11 is 0. The molecular formula is C8H6F4O. The monoisotopic (exact) mass is 194 g/mol. The average molecular weight is 194 g/mol. The van der Waals surface area contributed by atoms with Gasteiger partial charge in [0.05, 0.1) is 0 Å². The third-order valence-corrected chi connectivity index (χ3v) is 1.58. The zero-order valence-corrected chi connectivity index (χ0v) is 6.61. The normalized spacial score (nSPS) is 11.8. The molecule has 0 fully saturated rings. The Bertz CT molecular complexity index is 330. The van der Waals surface area contributed by atoms with Gasteiger partial charge < -0.3 is 5.11 Å². The fourth-order valence-corrected chi connectivity index (χ4v) is 0.893. The summed E-state index contributed by atoms with van der Waals surface area (Å²) in [7, 11) is 0. The number of phenolic OH excluding ortho intramolecular Hbond substituents is 1. The van der Waals surface area contributed by atoms with Gasteiger partial charge in [-0.2, -0.15) is 13.2 Å². The highest BCUT2D eigenvalue weighted by Gasteiger charge is 2.34. The van der Waals surface area contributed by atoms with Crippen LogP contribution < -0.4 is 0 Å². The van der Waals surface area contributed by atoms with E-state index in [4.69, 9.17) is 5.11 Å². The second kappa shape index (κ2) is 2.90. The Kier molecular flexibility index (Phi) is 2.19. The Hall–Kier alpha value is -1.26. The van der Waals surface area contributed by atoms with Gasteiger partial charge in [-0.3, -0.25) is 0 Å². The first-order valence-electron chi connectivity index (χ1n) is 3.38. The van der Waals surface area contributed by atoms with Crippen LogP contribution in [0.2, 0.25) is 0 Å². The molecule has 0 aliphatic heterocycles. The highest BCUT2D eigenvalue weighted by Crippen LogP contribution is 2.36. The molecule has 0 radical (unpaired) electrons. The summed E-state index contributed by atoms with van der Waals surface area (Å²) in [5.41, 5.74) is -1.37. The van der Waals surface area contributed by atoms with Crippen molar-refractivity contribution in [1.82, 2.24) is 0 Å². The molecule has 0 atom stereocenters. The standard InChI is InChI=1S/C8H6F4O/c1-4-2-7(13)5(3-6(4)9)8(10,11)12/h2-3,13H,1H3. The maximum absolute atomic E-state index is 12.7. The van der Waals surface area contributed by atoms with Gasteiger partial charge in [-0.1, -0.05) is 0 Å². The van der Waals surface area contributed by atoms with Gasteiger partial charge in [0.25, 0.3) is 0 Å². The molecule has 1 N–H and O–H groups in total. The van der Waals surface area contributed by atoms with Crippen LogP contribution in [0.5, 0.6) is 5.75 Å². The minimum Gasteiger partial charge on any atom is -0.507 e. The molecule has 0 saturated carbocycles. The highest BCUT2D eigenvalue weighted by atomic mass is 19.4. The van der Waals surface area contributed by atoms with Gasteiger partial charge in [-0.15, -0.1) is 0 Å². The summed E-state index contributed by atoms with van der Waals surface area (Å²) in [5, 5.41) is 8.86. The lowest BCUT2D eigenvalue weighted by Gasteiger charge is -2.09. The zero-order valence-electron chi connectivity index (χ0n) is 6.61. The van der Waals surface area contributed by atoms with Crippen LogP contribution in [-0.2, 0) is 6.18 Å². The third-order valence-electron chi connectivity index (χ3n) is 1.58. The number of aryl methyl sites for hydroxylation is 1. The second-order valence-electron chi connectivity index (χ2n) is 2.62. The largest absolute Gasteiger partial charge is 0.507 e. The maximum Gasteiger partial charge on any atom is 0.420 e. The van der Waals surface area contributed by atoms with Gasteiger partial charge in [0.15, 0.2) is 0 Å². The molecule has 1 aromatic carbocycles. The summed E-state index contributed by atoms with van der Waals surface area (Å²) < 4.78 is 48.8. The van der Waals surface area contributed by atoms with E-state index in [2.05, 4.69) is 0 Å². The predicted molar refractivity (Wildman–Crippen MR) is 37.8 cm³/mol. The predicted octanol–water partition coefficient (Wildman–Crippen LogP) is 2.86. The van der Waals surface area contributed by atoms with Crippen LogP contribution in [0.3, 0.4) is 0 Å². The molecule has 0 bridgehead atoms. The van der Waals surface area contributed by atoms with E-state index in [1.54, 1.807) is 0 Å². The molecule has 1 nitrogen and oxygen atoms in total. The fraction of sp³-hybridized carbons (Fsp3) is 0.250. The number of alkyl halides is 3. The molecule has 0 heterocycles. The smallest absolute Gasteiger partial charge is 0.420 e. The Morgan fingerprint density at radius 3 is 2.23 bits per heavy atom. The van der Waals surface area contributed by atoms with Crippen LogP contribution in [0.25, 0.3) is 0 Å². The molecule has 13 heavy (non-hydrogen) atoms. The van der Waals surface area contributed by atoms with Gasteiger partial charge in [-0.05, 0) is 24.6 Å². The topological polar surface area (TPSA) is 20.2 Å². The molecule has 72 valence electrons. The van der Waals surface area contributed by atoms with Crippen LogP contribution in [0.15, 0.2) is 12.1 Å². The van der Waals surface area contributed by atoms with Crippen molar-refractivity contribution < 1.29 is 22.7 Å². The zero-order chi connectivity index (χ0) is 10.2. The SMILES string of the molecule is Cc1cc(O)c(C(F)(F)F)cc1F. The lowest BCUT2D eigenvalue weighted by molar-refractivity contribution is -0.139. The van der Waals surface area contributed by atoms with E-state index in [0.717, 1.165) is 6.07 Å². The maximum atomic E-state index is 12.7. The Morgan fingerprint density at radius 1 is 1.23 bits per heavy atom. The number of aromatic hydroxyl groups is 1. The van der Waals surface area contributed by atoms with E-state index in [9.17, 15) is 17.6 Å². The Labute approximate surface area is 71.6 Å². The first-order chi connectivity index (χ1) is 5.82. The lowest BCUT2D eigenvalue weighted by atomic mass is 10.1. The molecule has 0 unspecified atom stereocenters. The Morgan fingerprint density at radius 2 is 1.77 bits per heavy atom. The molecule has 0 spiro atoms. The lowest BCUT2D eigenvalue weighted by Crippen LogP contribution is -2.06. The van der Waals surface area contributed by atoms with Crippen molar-refractivity contribution in [1.29, 1.82) is 0 Å². The van der Waals surface area contributed by atoms with E-state index >= 15 is 0 Å². The minimum absolute atomic E-state index is 0.0227. The number of phenols is 1. The van der Waals surface area contributed by atoms with Crippen LogP contribution in [0, 0.1) is 12.7 Å². The molecule has 0 aromatic heterocycles.